The second kappa shape index (κ2) is 9.72. The number of hydrogen-bond donors (Lipinski definition) is 0. The minimum Gasteiger partial charge on any atom is -0.465 e. The van der Waals surface area contributed by atoms with E-state index in [1.807, 2.05) is 17.5 Å². The van der Waals surface area contributed by atoms with E-state index in [0.717, 1.165) is 4.88 Å². The van der Waals surface area contributed by atoms with E-state index in [-0.39, 0.29) is 37.8 Å². The van der Waals surface area contributed by atoms with E-state index < -0.39 is 35.3 Å². The molecule has 0 saturated carbocycles. The normalized spacial score (nSPS) is 22.5. The Bertz CT molecular complexity index is 1470. The van der Waals surface area contributed by atoms with Crippen LogP contribution < -0.4 is 14.4 Å². The number of benzene rings is 2. The summed E-state index contributed by atoms with van der Waals surface area (Å²) < 4.78 is 31.4. The van der Waals surface area contributed by atoms with Crippen molar-refractivity contribution < 1.29 is 33.0 Å². The van der Waals surface area contributed by atoms with Crippen LogP contribution in [0.3, 0.4) is 0 Å². The molecule has 0 radical (unpaired) electrons. The molecule has 2 aromatic carbocycles. The second-order valence-corrected chi connectivity index (χ2v) is 10.3. The zero-order valence-electron chi connectivity index (χ0n) is 20.5. The van der Waals surface area contributed by atoms with Crippen LogP contribution in [0.4, 0.5) is 10.1 Å². The van der Waals surface area contributed by atoms with Crippen LogP contribution in [0.25, 0.3) is 0 Å². The number of para-hydroxylation sites is 1. The molecular weight excluding hydrogens is 509 g/mol. The Labute approximate surface area is 222 Å². The highest BCUT2D eigenvalue weighted by Gasteiger charge is 2.50. The van der Waals surface area contributed by atoms with Crippen molar-refractivity contribution in [2.75, 3.05) is 18.3 Å². The van der Waals surface area contributed by atoms with Crippen molar-refractivity contribution >= 4 is 34.7 Å². The van der Waals surface area contributed by atoms with E-state index in [9.17, 15) is 14.4 Å². The van der Waals surface area contributed by atoms with Crippen molar-refractivity contribution in [1.82, 2.24) is 0 Å². The molecule has 9 heteroatoms. The number of ketones is 1. The average Bonchev–Trinajstić information content (AvgIpc) is 3.61. The predicted molar refractivity (Wildman–Crippen MR) is 138 cm³/mol. The Balaban J connectivity index is 1.55. The van der Waals surface area contributed by atoms with Gasteiger partial charge in [0.25, 0.3) is 0 Å². The Morgan fingerprint density at radius 3 is 2.66 bits per heavy atom. The largest absolute Gasteiger partial charge is 0.465 e. The molecule has 0 fully saturated rings. The summed E-state index contributed by atoms with van der Waals surface area (Å²) in [4.78, 5) is 43.4. The van der Waals surface area contributed by atoms with Gasteiger partial charge < -0.3 is 14.2 Å². The third-order valence-electron chi connectivity index (χ3n) is 7.26. The number of allylic oxidation sites excluding steroid dienone is 2. The SMILES string of the molecule is CCOC(=O)[C@@H]1C(=O)C2=C(C[C@H]1c1cccs1)N(c1ccccc1F)C(=O)C[C@@H]2c1ccc2c(c1)OCO2. The number of carbonyl (C=O) groups excluding carboxylic acids is 3. The van der Waals surface area contributed by atoms with Gasteiger partial charge in [-0.25, -0.2) is 4.39 Å². The molecule has 1 amide bonds. The highest BCUT2D eigenvalue weighted by Crippen LogP contribution is 2.51. The van der Waals surface area contributed by atoms with E-state index in [1.54, 1.807) is 37.3 Å². The summed E-state index contributed by atoms with van der Waals surface area (Å²) in [5, 5.41) is 1.88. The molecule has 0 unspecified atom stereocenters. The first kappa shape index (κ1) is 24.4. The van der Waals surface area contributed by atoms with E-state index in [0.29, 0.717) is 28.3 Å². The third-order valence-corrected chi connectivity index (χ3v) is 8.27. The third kappa shape index (κ3) is 3.98. The average molecular weight is 534 g/mol. The van der Waals surface area contributed by atoms with Crippen LogP contribution in [0.2, 0.25) is 0 Å². The molecule has 0 bridgehead atoms. The molecule has 0 N–H and O–H groups in total. The number of Topliss-reactive ketones (excluding diaryl/α,β-unsaturated/α-hetero) is 1. The van der Waals surface area contributed by atoms with Gasteiger partial charge in [-0.1, -0.05) is 24.3 Å². The summed E-state index contributed by atoms with van der Waals surface area (Å²) in [5.74, 6) is -3.04. The molecule has 2 aliphatic heterocycles. The predicted octanol–water partition coefficient (Wildman–Crippen LogP) is 5.33. The highest BCUT2D eigenvalue weighted by atomic mass is 32.1. The van der Waals surface area contributed by atoms with Crippen LogP contribution in [-0.4, -0.2) is 31.1 Å². The molecule has 194 valence electrons. The van der Waals surface area contributed by atoms with Crippen molar-refractivity contribution in [2.24, 2.45) is 5.92 Å². The van der Waals surface area contributed by atoms with Gasteiger partial charge >= 0.3 is 5.97 Å². The number of thiophene rings is 1. The first-order valence-corrected chi connectivity index (χ1v) is 13.3. The Morgan fingerprint density at radius 1 is 1.08 bits per heavy atom. The summed E-state index contributed by atoms with van der Waals surface area (Å²) in [5.41, 5.74) is 1.52. The van der Waals surface area contributed by atoms with E-state index in [2.05, 4.69) is 0 Å². The Morgan fingerprint density at radius 2 is 1.89 bits per heavy atom. The number of anilines is 1. The molecule has 0 saturated heterocycles. The van der Waals surface area contributed by atoms with Crippen LogP contribution in [-0.2, 0) is 19.1 Å². The molecule has 3 atom stereocenters. The van der Waals surface area contributed by atoms with Gasteiger partial charge in [0.05, 0.1) is 12.3 Å². The quantitative estimate of drug-likeness (QED) is 0.326. The van der Waals surface area contributed by atoms with Gasteiger partial charge in [0.1, 0.15) is 11.7 Å². The van der Waals surface area contributed by atoms with Crippen LogP contribution in [0, 0.1) is 11.7 Å². The highest BCUT2D eigenvalue weighted by molar-refractivity contribution is 7.10. The summed E-state index contributed by atoms with van der Waals surface area (Å²) in [6.07, 6.45) is 0.129. The minimum atomic E-state index is -1.07. The lowest BCUT2D eigenvalue weighted by Gasteiger charge is -2.42. The van der Waals surface area contributed by atoms with Gasteiger partial charge in [-0.2, -0.15) is 0 Å². The molecule has 3 aliphatic rings. The van der Waals surface area contributed by atoms with Gasteiger partial charge in [0.2, 0.25) is 12.7 Å². The lowest BCUT2D eigenvalue weighted by Crippen LogP contribution is -2.46. The number of carbonyl (C=O) groups is 3. The monoisotopic (exact) mass is 533 g/mol. The van der Waals surface area contributed by atoms with Gasteiger partial charge in [0.15, 0.2) is 17.3 Å². The molecular formula is C29H24FNO6S. The first-order valence-electron chi connectivity index (χ1n) is 12.4. The van der Waals surface area contributed by atoms with Crippen molar-refractivity contribution in [3.05, 3.63) is 87.5 Å². The van der Waals surface area contributed by atoms with E-state index >= 15 is 4.39 Å². The molecule has 38 heavy (non-hydrogen) atoms. The van der Waals surface area contributed by atoms with Crippen LogP contribution in [0.15, 0.2) is 71.2 Å². The van der Waals surface area contributed by atoms with Gasteiger partial charge in [0, 0.05) is 34.4 Å². The van der Waals surface area contributed by atoms with Crippen LogP contribution in [0.5, 0.6) is 11.5 Å². The topological polar surface area (TPSA) is 82.1 Å². The van der Waals surface area contributed by atoms with Crippen molar-refractivity contribution in [3.8, 4) is 11.5 Å². The van der Waals surface area contributed by atoms with Crippen LogP contribution >= 0.6 is 11.3 Å². The van der Waals surface area contributed by atoms with E-state index in [1.165, 1.54) is 28.4 Å². The zero-order chi connectivity index (χ0) is 26.4. The standard InChI is InChI=1S/C29H24FNO6S/c1-2-35-29(34)27-18(24-8-5-11-38-24)13-21-26(28(27)33)17(16-9-10-22-23(12-16)37-15-36-22)14-25(32)31(21)20-7-4-3-6-19(20)30/h3-12,17-18,27H,2,13-15H2,1H3/t17-,18+,27+/m1/s1. The second-order valence-electron chi connectivity index (χ2n) is 9.33. The van der Waals surface area contributed by atoms with Crippen LogP contribution in [0.1, 0.15) is 42.0 Å². The maximum Gasteiger partial charge on any atom is 0.317 e. The van der Waals surface area contributed by atoms with Crippen molar-refractivity contribution in [2.45, 2.75) is 31.6 Å². The van der Waals surface area contributed by atoms with Crippen molar-refractivity contribution in [1.29, 1.82) is 0 Å². The molecule has 1 aliphatic carbocycles. The van der Waals surface area contributed by atoms with Gasteiger partial charge in [-0.15, -0.1) is 11.3 Å². The lowest BCUT2D eigenvalue weighted by molar-refractivity contribution is -0.152. The Kier molecular flexibility index (Phi) is 6.23. The maximum atomic E-state index is 15.0. The Hall–Kier alpha value is -3.98. The molecule has 7 nitrogen and oxygen atoms in total. The van der Waals surface area contributed by atoms with E-state index in [4.69, 9.17) is 14.2 Å². The summed E-state index contributed by atoms with van der Waals surface area (Å²) in [7, 11) is 0. The maximum absolute atomic E-state index is 15.0. The fourth-order valence-corrected chi connectivity index (χ4v) is 6.49. The molecule has 0 spiro atoms. The fraction of sp³-hybridized carbons (Fsp3) is 0.276. The summed E-state index contributed by atoms with van der Waals surface area (Å²) in [6.45, 7) is 1.92. The molecule has 1 aromatic heterocycles. The number of amides is 1. The number of hydrogen-bond acceptors (Lipinski definition) is 7. The number of fused-ring (bicyclic) bond motifs is 1. The summed E-state index contributed by atoms with van der Waals surface area (Å²) in [6, 6.07) is 15.1. The molecule has 6 rings (SSSR count). The number of halogens is 1. The number of esters is 1. The number of rotatable bonds is 5. The number of ether oxygens (including phenoxy) is 3. The summed E-state index contributed by atoms with van der Waals surface area (Å²) >= 11 is 1.43. The van der Waals surface area contributed by atoms with Crippen molar-refractivity contribution in [3.63, 3.8) is 0 Å². The zero-order valence-corrected chi connectivity index (χ0v) is 21.3. The minimum absolute atomic E-state index is 0.0717. The van der Waals surface area contributed by atoms with Gasteiger partial charge in [-0.05, 0) is 54.6 Å². The lowest BCUT2D eigenvalue weighted by atomic mass is 9.69. The first-order chi connectivity index (χ1) is 18.5. The molecule has 3 heterocycles. The smallest absolute Gasteiger partial charge is 0.317 e. The van der Waals surface area contributed by atoms with Gasteiger partial charge in [-0.3, -0.25) is 19.3 Å². The number of nitrogens with zero attached hydrogens (tertiary/aromatic N) is 1. The fourth-order valence-electron chi connectivity index (χ4n) is 5.63. The molecule has 3 aromatic rings.